The maximum atomic E-state index is 12.5. The fourth-order valence-electron chi connectivity index (χ4n) is 3.67. The Morgan fingerprint density at radius 1 is 0.971 bits per heavy atom. The Bertz CT molecular complexity index is 1420. The number of hydrogen-bond acceptors (Lipinski definition) is 6. The molecule has 2 aromatic heterocycles. The summed E-state index contributed by atoms with van der Waals surface area (Å²) in [7, 11) is 5.20. The van der Waals surface area contributed by atoms with E-state index in [0.29, 0.717) is 22.2 Å². The predicted octanol–water partition coefficient (Wildman–Crippen LogP) is 2.23. The highest BCUT2D eigenvalue weighted by molar-refractivity contribution is 7.99. The smallest absolute Gasteiger partial charge is 0.328 e. The van der Waals surface area contributed by atoms with Crippen LogP contribution in [0, 0.1) is 0 Å². The van der Waals surface area contributed by atoms with E-state index in [1.807, 2.05) is 13.0 Å². The molecule has 0 saturated heterocycles. The summed E-state index contributed by atoms with van der Waals surface area (Å²) >= 11 is 1.25. The van der Waals surface area contributed by atoms with Crippen LogP contribution < -0.4 is 16.3 Å². The number of carbonyl (C=O) groups is 2. The number of nitrogens with zero attached hydrogens (tertiary/aromatic N) is 5. The summed E-state index contributed by atoms with van der Waals surface area (Å²) < 4.78 is 4.87. The van der Waals surface area contributed by atoms with Crippen molar-refractivity contribution >= 4 is 40.3 Å². The lowest BCUT2D eigenvalue weighted by atomic mass is 10.2. The number of rotatable bonds is 7. The average Bonchev–Trinajstić information content (AvgIpc) is 3.30. The van der Waals surface area contributed by atoms with E-state index in [9.17, 15) is 14.4 Å². The van der Waals surface area contributed by atoms with Gasteiger partial charge in [-0.2, -0.15) is 0 Å². The normalized spacial score (nSPS) is 12.0. The number of anilines is 1. The number of imidazole rings is 1. The number of benzene rings is 2. The fourth-order valence-corrected chi connectivity index (χ4v) is 4.39. The minimum absolute atomic E-state index is 0.124. The van der Waals surface area contributed by atoms with Crippen molar-refractivity contribution in [2.24, 2.45) is 21.1 Å². The van der Waals surface area contributed by atoms with Crippen molar-refractivity contribution in [3.05, 3.63) is 70.4 Å². The van der Waals surface area contributed by atoms with E-state index in [0.717, 1.165) is 11.0 Å². The van der Waals surface area contributed by atoms with Crippen molar-refractivity contribution in [1.82, 2.24) is 29.2 Å². The lowest BCUT2D eigenvalue weighted by Crippen LogP contribution is -2.28. The number of carbonyl (C=O) groups excluding carboxylic acids is 2. The zero-order valence-corrected chi connectivity index (χ0v) is 20.1. The Labute approximate surface area is 200 Å². The molecule has 0 unspecified atom stereocenters. The van der Waals surface area contributed by atoms with Gasteiger partial charge in [-0.15, -0.1) is 10.2 Å². The molecule has 0 aliphatic heterocycles. The molecule has 0 saturated carbocycles. The first-order valence-electron chi connectivity index (χ1n) is 10.6. The van der Waals surface area contributed by atoms with Crippen LogP contribution in [0.1, 0.15) is 29.1 Å². The first-order valence-corrected chi connectivity index (χ1v) is 11.6. The molecule has 4 rings (SSSR count). The van der Waals surface area contributed by atoms with Crippen molar-refractivity contribution < 1.29 is 9.59 Å². The molecule has 0 aliphatic rings. The third-order valence-corrected chi connectivity index (χ3v) is 6.55. The first-order chi connectivity index (χ1) is 16.3. The maximum Gasteiger partial charge on any atom is 0.328 e. The molecule has 0 aliphatic carbocycles. The number of hydrogen-bond donors (Lipinski definition) is 2. The highest BCUT2D eigenvalue weighted by Gasteiger charge is 2.19. The van der Waals surface area contributed by atoms with Gasteiger partial charge in [0, 0.05) is 32.4 Å². The van der Waals surface area contributed by atoms with Gasteiger partial charge in [0.2, 0.25) is 5.91 Å². The summed E-state index contributed by atoms with van der Waals surface area (Å²) in [4.78, 5) is 37.0. The number of aryl methyl sites for hydroxylation is 2. The second kappa shape index (κ2) is 9.56. The number of amides is 2. The Morgan fingerprint density at radius 2 is 1.68 bits per heavy atom. The van der Waals surface area contributed by atoms with Crippen molar-refractivity contribution in [2.45, 2.75) is 18.1 Å². The third kappa shape index (κ3) is 4.60. The quantitative estimate of drug-likeness (QED) is 0.393. The molecule has 1 atom stereocenters. The van der Waals surface area contributed by atoms with E-state index in [1.165, 1.54) is 11.8 Å². The van der Waals surface area contributed by atoms with Crippen LogP contribution in [-0.2, 0) is 25.9 Å². The molecule has 34 heavy (non-hydrogen) atoms. The molecule has 11 heteroatoms. The molecule has 10 nitrogen and oxygen atoms in total. The highest BCUT2D eigenvalue weighted by atomic mass is 32.2. The molecule has 4 aromatic rings. The van der Waals surface area contributed by atoms with E-state index in [4.69, 9.17) is 0 Å². The van der Waals surface area contributed by atoms with E-state index in [2.05, 4.69) is 20.8 Å². The average molecular weight is 480 g/mol. The number of aromatic nitrogens is 5. The maximum absolute atomic E-state index is 12.5. The monoisotopic (exact) mass is 479 g/mol. The molecule has 2 aromatic carbocycles. The second-order valence-electron chi connectivity index (χ2n) is 7.90. The van der Waals surface area contributed by atoms with Gasteiger partial charge in [0.05, 0.1) is 22.8 Å². The molecule has 0 bridgehead atoms. The van der Waals surface area contributed by atoms with Gasteiger partial charge in [0.1, 0.15) is 0 Å². The molecule has 0 radical (unpaired) electrons. The zero-order chi connectivity index (χ0) is 24.4. The summed E-state index contributed by atoms with van der Waals surface area (Å²) in [5.74, 6) is 0.308. The van der Waals surface area contributed by atoms with Gasteiger partial charge in [0.25, 0.3) is 5.91 Å². The molecule has 2 N–H and O–H groups in total. The van der Waals surface area contributed by atoms with Crippen LogP contribution in [-0.4, -0.2) is 41.5 Å². The van der Waals surface area contributed by atoms with Gasteiger partial charge in [-0.05, 0) is 37.3 Å². The largest absolute Gasteiger partial charge is 0.342 e. The predicted molar refractivity (Wildman–Crippen MR) is 131 cm³/mol. The van der Waals surface area contributed by atoms with Gasteiger partial charge in [-0.1, -0.05) is 30.0 Å². The molecule has 2 amide bonds. The minimum atomic E-state index is -0.363. The summed E-state index contributed by atoms with van der Waals surface area (Å²) in [6.45, 7) is 1.83. The number of thioether (sulfide) groups is 1. The van der Waals surface area contributed by atoms with Gasteiger partial charge < -0.3 is 15.2 Å². The van der Waals surface area contributed by atoms with Gasteiger partial charge >= 0.3 is 5.69 Å². The Morgan fingerprint density at radius 3 is 2.41 bits per heavy atom. The molecule has 176 valence electrons. The first kappa shape index (κ1) is 23.3. The summed E-state index contributed by atoms with van der Waals surface area (Å²) in [6, 6.07) is 13.9. The van der Waals surface area contributed by atoms with E-state index < -0.39 is 0 Å². The Balaban J connectivity index is 1.37. The highest BCUT2D eigenvalue weighted by Crippen LogP contribution is 2.21. The van der Waals surface area contributed by atoms with Gasteiger partial charge in [0.15, 0.2) is 11.0 Å². The fraction of sp³-hybridized carbons (Fsp3) is 0.261. The SMILES string of the molecule is C[C@@H](NC(=O)c1ccccc1)c1nnc(SCC(=O)Nc2ccc3c(c2)n(C)c(=O)n3C)n1C. The van der Waals surface area contributed by atoms with Gasteiger partial charge in [-0.3, -0.25) is 18.7 Å². The minimum Gasteiger partial charge on any atom is -0.342 e. The topological polar surface area (TPSA) is 116 Å². The van der Waals surface area contributed by atoms with Crippen LogP contribution in [0.3, 0.4) is 0 Å². The van der Waals surface area contributed by atoms with Crippen LogP contribution in [0.15, 0.2) is 58.5 Å². The number of fused-ring (bicyclic) bond motifs is 1. The van der Waals surface area contributed by atoms with E-state index >= 15 is 0 Å². The molecular formula is C23H25N7O3S. The third-order valence-electron chi connectivity index (χ3n) is 5.53. The molecule has 0 spiro atoms. The van der Waals surface area contributed by atoms with Crippen LogP contribution in [0.25, 0.3) is 11.0 Å². The van der Waals surface area contributed by atoms with Crippen LogP contribution in [0.5, 0.6) is 0 Å². The number of nitrogens with one attached hydrogen (secondary N) is 2. The lowest BCUT2D eigenvalue weighted by Gasteiger charge is -2.13. The summed E-state index contributed by atoms with van der Waals surface area (Å²) in [5, 5.41) is 14.7. The standard InChI is InChI=1S/C23H25N7O3S/c1-14(24-21(32)15-8-6-5-7-9-15)20-26-27-22(30(20)4)34-13-19(31)25-16-10-11-17-18(12-16)29(3)23(33)28(17)2/h5-12,14H,13H2,1-4H3,(H,24,32)(H,25,31)/t14-/m1/s1. The van der Waals surface area contributed by atoms with Crippen molar-refractivity contribution in [2.75, 3.05) is 11.1 Å². The van der Waals surface area contributed by atoms with Gasteiger partial charge in [-0.25, -0.2) is 4.79 Å². The van der Waals surface area contributed by atoms with Crippen molar-refractivity contribution in [3.63, 3.8) is 0 Å². The molecule has 2 heterocycles. The lowest BCUT2D eigenvalue weighted by molar-refractivity contribution is -0.113. The van der Waals surface area contributed by atoms with Crippen LogP contribution >= 0.6 is 11.8 Å². The molecular weight excluding hydrogens is 454 g/mol. The van der Waals surface area contributed by atoms with E-state index in [-0.39, 0.29) is 29.3 Å². The summed E-state index contributed by atoms with van der Waals surface area (Å²) in [6.07, 6.45) is 0. The Hall–Kier alpha value is -3.86. The molecule has 0 fully saturated rings. The van der Waals surface area contributed by atoms with Crippen LogP contribution in [0.2, 0.25) is 0 Å². The van der Waals surface area contributed by atoms with Crippen LogP contribution in [0.4, 0.5) is 5.69 Å². The Kier molecular flexibility index (Phi) is 6.55. The van der Waals surface area contributed by atoms with E-state index in [1.54, 1.807) is 77.3 Å². The van der Waals surface area contributed by atoms with Crippen molar-refractivity contribution in [3.8, 4) is 0 Å². The zero-order valence-electron chi connectivity index (χ0n) is 19.3. The second-order valence-corrected chi connectivity index (χ2v) is 8.84. The summed E-state index contributed by atoms with van der Waals surface area (Å²) in [5.41, 5.74) is 2.58. The van der Waals surface area contributed by atoms with Crippen molar-refractivity contribution in [1.29, 1.82) is 0 Å².